The van der Waals surface area contributed by atoms with Gasteiger partial charge in [-0.15, -0.1) is 11.3 Å². The molecule has 28 heavy (non-hydrogen) atoms. The number of nitriles is 1. The number of hydrogen-bond acceptors (Lipinski definition) is 5. The van der Waals surface area contributed by atoms with Crippen molar-refractivity contribution in [3.63, 3.8) is 0 Å². The molecule has 7 heteroatoms. The molecule has 0 aliphatic rings. The minimum Gasteiger partial charge on any atom is -0.496 e. The molecule has 0 unspecified atom stereocenters. The van der Waals surface area contributed by atoms with E-state index in [2.05, 4.69) is 10.3 Å². The van der Waals surface area contributed by atoms with E-state index in [0.29, 0.717) is 22.1 Å². The number of aryl methyl sites for hydroxylation is 1. The first kappa shape index (κ1) is 19.3. The van der Waals surface area contributed by atoms with Crippen molar-refractivity contribution >= 4 is 28.5 Å². The first-order valence-electron chi connectivity index (χ1n) is 8.31. The summed E-state index contributed by atoms with van der Waals surface area (Å²) in [4.78, 5) is 17.8. The molecule has 2 aromatic carbocycles. The van der Waals surface area contributed by atoms with Gasteiger partial charge in [0.1, 0.15) is 23.2 Å². The van der Waals surface area contributed by atoms with Gasteiger partial charge in [-0.2, -0.15) is 5.26 Å². The highest BCUT2D eigenvalue weighted by Crippen LogP contribution is 2.31. The number of anilines is 1. The molecule has 0 saturated heterocycles. The Balaban J connectivity index is 1.84. The third kappa shape index (κ3) is 4.24. The maximum Gasteiger partial charge on any atom is 0.268 e. The monoisotopic (exact) mass is 393 g/mol. The van der Waals surface area contributed by atoms with Crippen molar-refractivity contribution in [2.75, 3.05) is 12.4 Å². The highest BCUT2D eigenvalue weighted by atomic mass is 32.1. The van der Waals surface area contributed by atoms with E-state index in [-0.39, 0.29) is 11.4 Å². The Bertz CT molecular complexity index is 1080. The lowest BCUT2D eigenvalue weighted by molar-refractivity contribution is -0.112. The standard InChI is InChI=1S/C21H16FN3O2S/c1-13-19(14-7-9-17(22)10-8-14)24-21(28-13)25-20(26)16(12-23)11-15-5-3-4-6-18(15)27-2/h3-11H,1-2H3,(H,24,25,26)/b16-11+. The molecular weight excluding hydrogens is 377 g/mol. The van der Waals surface area contributed by atoms with Crippen LogP contribution in [0.1, 0.15) is 10.4 Å². The topological polar surface area (TPSA) is 75.0 Å². The third-order valence-electron chi connectivity index (χ3n) is 3.94. The third-order valence-corrected chi connectivity index (χ3v) is 4.82. The molecule has 1 heterocycles. The number of halogens is 1. The van der Waals surface area contributed by atoms with Crippen LogP contribution in [0.25, 0.3) is 17.3 Å². The van der Waals surface area contributed by atoms with E-state index in [1.54, 1.807) is 36.4 Å². The van der Waals surface area contributed by atoms with Crippen molar-refractivity contribution in [2.45, 2.75) is 6.92 Å². The van der Waals surface area contributed by atoms with Gasteiger partial charge in [-0.3, -0.25) is 10.1 Å². The van der Waals surface area contributed by atoms with Crippen molar-refractivity contribution in [3.8, 4) is 23.1 Å². The fourth-order valence-corrected chi connectivity index (χ4v) is 3.41. The Morgan fingerprint density at radius 1 is 1.25 bits per heavy atom. The second kappa shape index (κ2) is 8.46. The number of amides is 1. The first-order valence-corrected chi connectivity index (χ1v) is 9.13. The number of carbonyl (C=O) groups excluding carboxylic acids is 1. The Morgan fingerprint density at radius 2 is 1.96 bits per heavy atom. The van der Waals surface area contributed by atoms with Crippen LogP contribution in [0, 0.1) is 24.1 Å². The number of rotatable bonds is 5. The van der Waals surface area contributed by atoms with Crippen molar-refractivity contribution in [3.05, 3.63) is 70.4 Å². The fraction of sp³-hybridized carbons (Fsp3) is 0.0952. The molecule has 0 spiro atoms. The van der Waals surface area contributed by atoms with Gasteiger partial charge in [-0.1, -0.05) is 18.2 Å². The van der Waals surface area contributed by atoms with Gasteiger partial charge in [0.2, 0.25) is 0 Å². The van der Waals surface area contributed by atoms with Crippen LogP contribution in [0.5, 0.6) is 5.75 Å². The Kier molecular flexibility index (Phi) is 5.82. The Morgan fingerprint density at radius 3 is 2.64 bits per heavy atom. The zero-order chi connectivity index (χ0) is 20.1. The van der Waals surface area contributed by atoms with Crippen molar-refractivity contribution in [1.29, 1.82) is 5.26 Å². The molecule has 0 aliphatic carbocycles. The van der Waals surface area contributed by atoms with E-state index in [4.69, 9.17) is 4.74 Å². The second-order valence-corrected chi connectivity index (χ2v) is 7.00. The summed E-state index contributed by atoms with van der Waals surface area (Å²) in [6.45, 7) is 1.86. The van der Waals surface area contributed by atoms with Gasteiger partial charge in [0, 0.05) is 16.0 Å². The number of nitrogens with one attached hydrogen (secondary N) is 1. The highest BCUT2D eigenvalue weighted by Gasteiger charge is 2.15. The predicted molar refractivity (Wildman–Crippen MR) is 107 cm³/mol. The van der Waals surface area contributed by atoms with Crippen LogP contribution in [0.4, 0.5) is 9.52 Å². The van der Waals surface area contributed by atoms with Gasteiger partial charge in [0.05, 0.1) is 12.8 Å². The van der Waals surface area contributed by atoms with E-state index in [9.17, 15) is 14.4 Å². The highest BCUT2D eigenvalue weighted by molar-refractivity contribution is 7.16. The maximum absolute atomic E-state index is 13.1. The van der Waals surface area contributed by atoms with Gasteiger partial charge in [0.25, 0.3) is 5.91 Å². The molecular formula is C21H16FN3O2S. The number of para-hydroxylation sites is 1. The lowest BCUT2D eigenvalue weighted by Crippen LogP contribution is -2.13. The number of aromatic nitrogens is 1. The van der Waals surface area contributed by atoms with E-state index in [0.717, 1.165) is 10.4 Å². The summed E-state index contributed by atoms with van der Waals surface area (Å²) in [5.74, 6) is -0.329. The van der Waals surface area contributed by atoms with Crippen LogP contribution in [0.3, 0.4) is 0 Å². The minimum absolute atomic E-state index is 0.0688. The molecule has 0 radical (unpaired) electrons. The second-order valence-electron chi connectivity index (χ2n) is 5.80. The van der Waals surface area contributed by atoms with E-state index in [1.807, 2.05) is 13.0 Å². The molecule has 1 aromatic heterocycles. The van der Waals surface area contributed by atoms with E-state index >= 15 is 0 Å². The number of ether oxygens (including phenoxy) is 1. The Labute approximate surface area is 165 Å². The molecule has 5 nitrogen and oxygen atoms in total. The van der Waals surface area contributed by atoms with Crippen LogP contribution in [-0.2, 0) is 4.79 Å². The number of hydrogen-bond donors (Lipinski definition) is 1. The summed E-state index contributed by atoms with van der Waals surface area (Å²) < 4.78 is 18.4. The molecule has 0 bridgehead atoms. The van der Waals surface area contributed by atoms with Crippen molar-refractivity contribution in [1.82, 2.24) is 4.98 Å². The molecule has 1 N–H and O–H groups in total. The predicted octanol–water partition coefficient (Wildman–Crippen LogP) is 4.81. The molecule has 0 fully saturated rings. The average molecular weight is 393 g/mol. The summed E-state index contributed by atoms with van der Waals surface area (Å²) in [7, 11) is 1.52. The zero-order valence-electron chi connectivity index (χ0n) is 15.2. The number of benzene rings is 2. The number of carbonyl (C=O) groups is 1. The smallest absolute Gasteiger partial charge is 0.268 e. The molecule has 0 aliphatic heterocycles. The fourth-order valence-electron chi connectivity index (χ4n) is 2.58. The quantitative estimate of drug-likeness (QED) is 0.498. The number of methoxy groups -OCH3 is 1. The first-order chi connectivity index (χ1) is 13.5. The van der Waals surface area contributed by atoms with Gasteiger partial charge in [0.15, 0.2) is 5.13 Å². The van der Waals surface area contributed by atoms with E-state index in [1.165, 1.54) is 36.7 Å². The normalized spacial score (nSPS) is 11.0. The molecule has 1 amide bonds. The summed E-state index contributed by atoms with van der Waals surface area (Å²) in [6, 6.07) is 15.0. The number of nitrogens with zero attached hydrogens (tertiary/aromatic N) is 2. The van der Waals surface area contributed by atoms with Crippen molar-refractivity contribution < 1.29 is 13.9 Å². The maximum atomic E-state index is 13.1. The molecule has 3 aromatic rings. The van der Waals surface area contributed by atoms with Crippen LogP contribution in [0.15, 0.2) is 54.1 Å². The van der Waals surface area contributed by atoms with Crippen LogP contribution >= 0.6 is 11.3 Å². The molecule has 0 atom stereocenters. The van der Waals surface area contributed by atoms with Gasteiger partial charge in [-0.05, 0) is 43.3 Å². The minimum atomic E-state index is -0.562. The SMILES string of the molecule is COc1ccccc1/C=C(\C#N)C(=O)Nc1nc(-c2ccc(F)cc2)c(C)s1. The molecule has 140 valence electrons. The van der Waals surface area contributed by atoms with Crippen molar-refractivity contribution in [2.24, 2.45) is 0 Å². The summed E-state index contributed by atoms with van der Waals surface area (Å²) >= 11 is 1.29. The van der Waals surface area contributed by atoms with Gasteiger partial charge in [-0.25, -0.2) is 9.37 Å². The summed E-state index contributed by atoms with van der Waals surface area (Å²) in [5.41, 5.74) is 1.97. The molecule has 0 saturated carbocycles. The summed E-state index contributed by atoms with van der Waals surface area (Å²) in [5, 5.41) is 12.4. The lowest BCUT2D eigenvalue weighted by Gasteiger charge is -2.05. The van der Waals surface area contributed by atoms with Gasteiger partial charge < -0.3 is 4.74 Å². The largest absolute Gasteiger partial charge is 0.496 e. The molecule has 3 rings (SSSR count). The van der Waals surface area contributed by atoms with E-state index < -0.39 is 5.91 Å². The average Bonchev–Trinajstić information content (AvgIpc) is 3.06. The van der Waals surface area contributed by atoms with Gasteiger partial charge >= 0.3 is 0 Å². The summed E-state index contributed by atoms with van der Waals surface area (Å²) in [6.07, 6.45) is 1.47. The van der Waals surface area contributed by atoms with Crippen LogP contribution in [0.2, 0.25) is 0 Å². The Hall–Kier alpha value is -3.50. The zero-order valence-corrected chi connectivity index (χ0v) is 16.0. The van der Waals surface area contributed by atoms with Crippen LogP contribution < -0.4 is 10.1 Å². The lowest BCUT2D eigenvalue weighted by atomic mass is 10.1. The van der Waals surface area contributed by atoms with Crippen LogP contribution in [-0.4, -0.2) is 18.0 Å². The number of thiazole rings is 1.